The highest BCUT2D eigenvalue weighted by Crippen LogP contribution is 2.24. The molecule has 1 aromatic rings. The van der Waals surface area contributed by atoms with Crippen molar-refractivity contribution in [2.24, 2.45) is 0 Å². The lowest BCUT2D eigenvalue weighted by Gasteiger charge is -2.08. The normalized spacial score (nSPS) is 13.1. The average molecular weight is 265 g/mol. The van der Waals surface area contributed by atoms with Crippen LogP contribution in [0.15, 0.2) is 21.2 Å². The third-order valence-electron chi connectivity index (χ3n) is 1.65. The highest BCUT2D eigenvalue weighted by atomic mass is 79.9. The Bertz CT molecular complexity index is 261. The monoisotopic (exact) mass is 264 g/mol. The van der Waals surface area contributed by atoms with Crippen molar-refractivity contribution in [1.29, 1.82) is 0 Å². The van der Waals surface area contributed by atoms with Crippen molar-refractivity contribution in [2.75, 3.05) is 26.9 Å². The minimum atomic E-state index is -0.740. The van der Waals surface area contributed by atoms with Crippen molar-refractivity contribution in [3.05, 3.63) is 22.6 Å². The van der Waals surface area contributed by atoms with E-state index in [0.717, 1.165) is 4.47 Å². The summed E-state index contributed by atoms with van der Waals surface area (Å²) in [5.41, 5.74) is 0. The first-order valence-electron chi connectivity index (χ1n) is 4.23. The van der Waals surface area contributed by atoms with E-state index in [9.17, 15) is 5.11 Å². The Kier molecular flexibility index (Phi) is 5.17. The van der Waals surface area contributed by atoms with Crippen LogP contribution in [0.4, 0.5) is 0 Å². The minimum absolute atomic E-state index is 0.204. The van der Waals surface area contributed by atoms with Gasteiger partial charge in [0.25, 0.3) is 0 Å². The molecule has 0 aliphatic heterocycles. The molecular formula is C9H13BrO4. The van der Waals surface area contributed by atoms with Crippen LogP contribution in [0.5, 0.6) is 0 Å². The summed E-state index contributed by atoms with van der Waals surface area (Å²) < 4.78 is 15.8. The zero-order chi connectivity index (χ0) is 10.4. The molecule has 0 saturated heterocycles. The molecule has 14 heavy (non-hydrogen) atoms. The van der Waals surface area contributed by atoms with Gasteiger partial charge in [0.1, 0.15) is 11.9 Å². The van der Waals surface area contributed by atoms with Crippen LogP contribution in [0.2, 0.25) is 0 Å². The van der Waals surface area contributed by atoms with E-state index < -0.39 is 6.10 Å². The molecule has 1 atom stereocenters. The summed E-state index contributed by atoms with van der Waals surface area (Å²) >= 11 is 3.26. The predicted octanol–water partition coefficient (Wildman–Crippen LogP) is 1.74. The van der Waals surface area contributed by atoms with E-state index in [2.05, 4.69) is 15.9 Å². The van der Waals surface area contributed by atoms with Gasteiger partial charge in [-0.2, -0.15) is 0 Å². The summed E-state index contributed by atoms with van der Waals surface area (Å²) in [6.45, 7) is 1.19. The van der Waals surface area contributed by atoms with E-state index >= 15 is 0 Å². The standard InChI is InChI=1S/C9H13BrO4/c1-12-4-5-13-6-8(11)9-7(10)2-3-14-9/h2-3,8,11H,4-6H2,1H3. The number of furan rings is 1. The fourth-order valence-electron chi connectivity index (χ4n) is 0.956. The number of hydrogen-bond donors (Lipinski definition) is 1. The summed E-state index contributed by atoms with van der Waals surface area (Å²) in [6, 6.07) is 1.73. The van der Waals surface area contributed by atoms with Gasteiger partial charge in [-0.3, -0.25) is 0 Å². The Morgan fingerprint density at radius 2 is 2.36 bits per heavy atom. The van der Waals surface area contributed by atoms with E-state index in [1.54, 1.807) is 13.2 Å². The molecule has 1 unspecified atom stereocenters. The van der Waals surface area contributed by atoms with Crippen LogP contribution in [0.3, 0.4) is 0 Å². The fourth-order valence-corrected chi connectivity index (χ4v) is 1.42. The van der Waals surface area contributed by atoms with Crippen LogP contribution in [0, 0.1) is 0 Å². The highest BCUT2D eigenvalue weighted by Gasteiger charge is 2.14. The quantitative estimate of drug-likeness (QED) is 0.796. The molecule has 5 heteroatoms. The smallest absolute Gasteiger partial charge is 0.148 e. The molecule has 0 radical (unpaired) electrons. The molecule has 0 aromatic carbocycles. The Morgan fingerprint density at radius 1 is 1.57 bits per heavy atom. The van der Waals surface area contributed by atoms with E-state index in [1.807, 2.05) is 0 Å². The molecule has 0 aliphatic rings. The summed E-state index contributed by atoms with van der Waals surface area (Å²) in [7, 11) is 1.60. The van der Waals surface area contributed by atoms with Crippen molar-refractivity contribution >= 4 is 15.9 Å². The molecule has 4 nitrogen and oxygen atoms in total. The molecule has 0 aliphatic carbocycles. The van der Waals surface area contributed by atoms with Gasteiger partial charge in [-0.25, -0.2) is 0 Å². The molecule has 0 spiro atoms. The number of halogens is 1. The fraction of sp³-hybridized carbons (Fsp3) is 0.556. The Balaban J connectivity index is 2.28. The summed E-state index contributed by atoms with van der Waals surface area (Å²) in [5.74, 6) is 0.488. The molecule has 0 saturated carbocycles. The maximum Gasteiger partial charge on any atom is 0.148 e. The molecule has 0 amide bonds. The van der Waals surface area contributed by atoms with Gasteiger partial charge in [0, 0.05) is 7.11 Å². The number of hydrogen-bond acceptors (Lipinski definition) is 4. The zero-order valence-electron chi connectivity index (χ0n) is 7.90. The van der Waals surface area contributed by atoms with Crippen molar-refractivity contribution in [3.8, 4) is 0 Å². The van der Waals surface area contributed by atoms with Gasteiger partial charge >= 0.3 is 0 Å². The summed E-state index contributed by atoms with van der Waals surface area (Å²) in [4.78, 5) is 0. The lowest BCUT2D eigenvalue weighted by molar-refractivity contribution is 0.00434. The predicted molar refractivity (Wildman–Crippen MR) is 54.1 cm³/mol. The molecule has 1 heterocycles. The number of aliphatic hydroxyl groups excluding tert-OH is 1. The molecule has 1 N–H and O–H groups in total. The first-order chi connectivity index (χ1) is 6.75. The third-order valence-corrected chi connectivity index (χ3v) is 2.31. The summed E-state index contributed by atoms with van der Waals surface area (Å²) in [6.07, 6.45) is 0.772. The van der Waals surface area contributed by atoms with Crippen molar-refractivity contribution < 1.29 is 19.0 Å². The molecule has 1 rings (SSSR count). The van der Waals surface area contributed by atoms with Gasteiger partial charge in [-0.05, 0) is 22.0 Å². The van der Waals surface area contributed by atoms with Crippen molar-refractivity contribution in [3.63, 3.8) is 0 Å². The van der Waals surface area contributed by atoms with Crippen molar-refractivity contribution in [2.45, 2.75) is 6.10 Å². The summed E-state index contributed by atoms with van der Waals surface area (Å²) in [5, 5.41) is 9.60. The SMILES string of the molecule is COCCOCC(O)c1occc1Br. The Labute approximate surface area is 90.9 Å². The van der Waals surface area contributed by atoms with E-state index in [-0.39, 0.29) is 6.61 Å². The molecule has 1 aromatic heterocycles. The Hall–Kier alpha value is -0.360. The molecular weight excluding hydrogens is 252 g/mol. The maximum atomic E-state index is 9.60. The topological polar surface area (TPSA) is 51.8 Å². The molecule has 0 fully saturated rings. The minimum Gasteiger partial charge on any atom is -0.465 e. The molecule has 80 valence electrons. The van der Waals surface area contributed by atoms with Gasteiger partial charge < -0.3 is 19.0 Å². The van der Waals surface area contributed by atoms with Crippen LogP contribution >= 0.6 is 15.9 Å². The maximum absolute atomic E-state index is 9.60. The number of methoxy groups -OCH3 is 1. The second-order valence-corrected chi connectivity index (χ2v) is 3.57. The lowest BCUT2D eigenvalue weighted by Crippen LogP contribution is -2.10. The average Bonchev–Trinajstić information content (AvgIpc) is 2.59. The van der Waals surface area contributed by atoms with Gasteiger partial charge in [0.15, 0.2) is 0 Å². The second kappa shape index (κ2) is 6.19. The Morgan fingerprint density at radius 3 is 2.93 bits per heavy atom. The largest absolute Gasteiger partial charge is 0.465 e. The first-order valence-corrected chi connectivity index (χ1v) is 5.02. The van der Waals surface area contributed by atoms with Crippen LogP contribution in [-0.2, 0) is 9.47 Å². The van der Waals surface area contributed by atoms with E-state index in [0.29, 0.717) is 19.0 Å². The van der Waals surface area contributed by atoms with Gasteiger partial charge in [0.05, 0.1) is 30.6 Å². The third kappa shape index (κ3) is 3.42. The second-order valence-electron chi connectivity index (χ2n) is 2.72. The highest BCUT2D eigenvalue weighted by molar-refractivity contribution is 9.10. The number of ether oxygens (including phenoxy) is 2. The van der Waals surface area contributed by atoms with Crippen LogP contribution in [0.1, 0.15) is 11.9 Å². The first kappa shape index (κ1) is 11.7. The van der Waals surface area contributed by atoms with Gasteiger partial charge in [-0.1, -0.05) is 0 Å². The van der Waals surface area contributed by atoms with Crippen molar-refractivity contribution in [1.82, 2.24) is 0 Å². The number of aliphatic hydroxyl groups is 1. The van der Waals surface area contributed by atoms with Gasteiger partial charge in [-0.15, -0.1) is 0 Å². The van der Waals surface area contributed by atoms with Gasteiger partial charge in [0.2, 0.25) is 0 Å². The molecule has 0 bridgehead atoms. The lowest BCUT2D eigenvalue weighted by atomic mass is 10.3. The van der Waals surface area contributed by atoms with Crippen LogP contribution in [-0.4, -0.2) is 32.0 Å². The zero-order valence-corrected chi connectivity index (χ0v) is 9.49. The van der Waals surface area contributed by atoms with E-state index in [4.69, 9.17) is 13.9 Å². The van der Waals surface area contributed by atoms with Crippen LogP contribution in [0.25, 0.3) is 0 Å². The number of rotatable bonds is 6. The van der Waals surface area contributed by atoms with Crippen LogP contribution < -0.4 is 0 Å². The van der Waals surface area contributed by atoms with E-state index in [1.165, 1.54) is 6.26 Å².